The van der Waals surface area contributed by atoms with Crippen LogP contribution in [0, 0.1) is 12.7 Å². The van der Waals surface area contributed by atoms with E-state index >= 15 is 0 Å². The van der Waals surface area contributed by atoms with Crippen molar-refractivity contribution in [2.45, 2.75) is 39.7 Å². The van der Waals surface area contributed by atoms with Gasteiger partial charge in [-0.05, 0) is 32.8 Å². The number of halogens is 3. The molecule has 3 rings (SSSR count). The van der Waals surface area contributed by atoms with Gasteiger partial charge in [0.2, 0.25) is 0 Å². The van der Waals surface area contributed by atoms with Crippen LogP contribution in [-0.2, 0) is 6.54 Å². The zero-order valence-corrected chi connectivity index (χ0v) is 16.7. The third-order valence-electron chi connectivity index (χ3n) is 4.97. The van der Waals surface area contributed by atoms with Crippen molar-refractivity contribution in [1.82, 2.24) is 14.9 Å². The molecular formula is C22H25F3N4. The summed E-state index contributed by atoms with van der Waals surface area (Å²) in [6.45, 7) is 9.77. The molecule has 7 heteroatoms. The van der Waals surface area contributed by atoms with E-state index in [4.69, 9.17) is 0 Å². The summed E-state index contributed by atoms with van der Waals surface area (Å²) in [5.41, 5.74) is 0.428. The van der Waals surface area contributed by atoms with Gasteiger partial charge in [-0.2, -0.15) is 0 Å². The molecule has 0 spiro atoms. The van der Waals surface area contributed by atoms with Crippen molar-refractivity contribution in [3.05, 3.63) is 63.8 Å². The maximum atomic E-state index is 14.4. The Morgan fingerprint density at radius 2 is 2.00 bits per heavy atom. The van der Waals surface area contributed by atoms with Gasteiger partial charge in [0.1, 0.15) is 17.5 Å². The van der Waals surface area contributed by atoms with Gasteiger partial charge in [-0.3, -0.25) is 0 Å². The predicted octanol–water partition coefficient (Wildman–Crippen LogP) is 3.66. The number of likely N-dealkylation sites (tertiary alicyclic amines) is 1. The van der Waals surface area contributed by atoms with Gasteiger partial charge in [0.25, 0.3) is 6.43 Å². The van der Waals surface area contributed by atoms with Gasteiger partial charge in [0.15, 0.2) is 0 Å². The highest BCUT2D eigenvalue weighted by molar-refractivity contribution is 5.53. The van der Waals surface area contributed by atoms with Gasteiger partial charge < -0.3 is 10.2 Å². The van der Waals surface area contributed by atoms with Crippen LogP contribution < -0.4 is 15.9 Å². The highest BCUT2D eigenvalue weighted by Crippen LogP contribution is 2.24. The molecule has 0 unspecified atom stereocenters. The van der Waals surface area contributed by atoms with Gasteiger partial charge in [-0.25, -0.2) is 23.1 Å². The van der Waals surface area contributed by atoms with E-state index in [-0.39, 0.29) is 12.1 Å². The van der Waals surface area contributed by atoms with Gasteiger partial charge in [-0.15, -0.1) is 0 Å². The molecule has 1 fully saturated rings. The second-order valence-corrected chi connectivity index (χ2v) is 7.01. The first kappa shape index (κ1) is 20.9. The number of allylic oxidation sites excluding steroid dienone is 1. The molecule has 1 aromatic heterocycles. The average Bonchev–Trinajstić information content (AvgIpc) is 3.23. The van der Waals surface area contributed by atoms with E-state index in [9.17, 15) is 13.2 Å². The summed E-state index contributed by atoms with van der Waals surface area (Å²) in [6, 6.07) is 4.02. The lowest BCUT2D eigenvalue weighted by atomic mass is 10.1. The molecule has 1 saturated heterocycles. The Morgan fingerprint density at radius 1 is 1.28 bits per heavy atom. The second kappa shape index (κ2) is 9.11. The number of alkyl halides is 2. The highest BCUT2D eigenvalue weighted by Gasteiger charge is 2.16. The number of benzene rings is 1. The first-order valence-corrected chi connectivity index (χ1v) is 9.66. The fourth-order valence-electron chi connectivity index (χ4n) is 3.45. The van der Waals surface area contributed by atoms with Crippen LogP contribution in [0.25, 0.3) is 12.2 Å². The number of anilines is 1. The molecule has 1 aliphatic heterocycles. The quantitative estimate of drug-likeness (QED) is 0.801. The van der Waals surface area contributed by atoms with Gasteiger partial charge in [-0.1, -0.05) is 30.9 Å². The number of aryl methyl sites for hydroxylation is 1. The molecule has 0 bridgehead atoms. The van der Waals surface area contributed by atoms with Crippen molar-refractivity contribution < 1.29 is 13.2 Å². The molecule has 154 valence electrons. The molecule has 0 amide bonds. The van der Waals surface area contributed by atoms with Crippen LogP contribution in [0.2, 0.25) is 0 Å². The monoisotopic (exact) mass is 402 g/mol. The van der Waals surface area contributed by atoms with Crippen molar-refractivity contribution >= 4 is 18.0 Å². The molecule has 1 aliphatic rings. The molecule has 0 radical (unpaired) electrons. The van der Waals surface area contributed by atoms with Crippen molar-refractivity contribution in [3.63, 3.8) is 0 Å². The summed E-state index contributed by atoms with van der Waals surface area (Å²) in [5, 5.41) is 4.59. The normalized spacial score (nSPS) is 15.4. The molecule has 2 heterocycles. The molecule has 1 aromatic carbocycles. The summed E-state index contributed by atoms with van der Waals surface area (Å²) in [7, 11) is 0. The summed E-state index contributed by atoms with van der Waals surface area (Å²) in [4.78, 5) is 11.1. The summed E-state index contributed by atoms with van der Waals surface area (Å²) in [5.74, 6) is 0.189. The fourth-order valence-corrected chi connectivity index (χ4v) is 3.45. The SMILES string of the molecule is C=C(/C=c1/c(NCc2cccc(C(F)F)c2F)nc(C)n/c1=C/C)N1CCCC1. The van der Waals surface area contributed by atoms with E-state index in [1.807, 2.05) is 19.1 Å². The second-order valence-electron chi connectivity index (χ2n) is 7.01. The lowest BCUT2D eigenvalue weighted by Gasteiger charge is -2.17. The van der Waals surface area contributed by atoms with Crippen molar-refractivity contribution in [2.75, 3.05) is 18.4 Å². The van der Waals surface area contributed by atoms with Crippen LogP contribution in [0.15, 0.2) is 30.5 Å². The fraction of sp³-hybridized carbons (Fsp3) is 0.364. The Balaban J connectivity index is 1.96. The zero-order valence-electron chi connectivity index (χ0n) is 16.7. The molecule has 2 aromatic rings. The average molecular weight is 402 g/mol. The summed E-state index contributed by atoms with van der Waals surface area (Å²) in [6.07, 6.45) is 3.21. The van der Waals surface area contributed by atoms with Crippen LogP contribution in [0.4, 0.5) is 19.0 Å². The number of hydrogen-bond acceptors (Lipinski definition) is 4. The number of aromatic nitrogens is 2. The molecule has 0 saturated carbocycles. The number of nitrogens with zero attached hydrogens (tertiary/aromatic N) is 3. The lowest BCUT2D eigenvalue weighted by Crippen LogP contribution is -2.34. The maximum absolute atomic E-state index is 14.4. The van der Waals surface area contributed by atoms with Gasteiger partial charge in [0.05, 0.1) is 10.9 Å². The van der Waals surface area contributed by atoms with Crippen molar-refractivity contribution in [2.24, 2.45) is 0 Å². The zero-order chi connectivity index (χ0) is 21.0. The molecule has 0 aliphatic carbocycles. The molecule has 1 N–H and O–H groups in total. The van der Waals surface area contributed by atoms with Crippen LogP contribution in [0.3, 0.4) is 0 Å². The molecule has 4 nitrogen and oxygen atoms in total. The van der Waals surface area contributed by atoms with Crippen LogP contribution in [0.5, 0.6) is 0 Å². The van der Waals surface area contributed by atoms with Crippen molar-refractivity contribution in [1.29, 1.82) is 0 Å². The maximum Gasteiger partial charge on any atom is 0.266 e. The Labute approximate surface area is 168 Å². The number of nitrogens with one attached hydrogen (secondary N) is 1. The first-order valence-electron chi connectivity index (χ1n) is 9.66. The predicted molar refractivity (Wildman–Crippen MR) is 109 cm³/mol. The lowest BCUT2D eigenvalue weighted by molar-refractivity contribution is 0.146. The van der Waals surface area contributed by atoms with Gasteiger partial charge in [0, 0.05) is 36.1 Å². The van der Waals surface area contributed by atoms with E-state index in [0.717, 1.165) is 48.3 Å². The largest absolute Gasteiger partial charge is 0.372 e. The van der Waals surface area contributed by atoms with E-state index in [2.05, 4.69) is 26.8 Å². The minimum atomic E-state index is -2.86. The molecule has 29 heavy (non-hydrogen) atoms. The highest BCUT2D eigenvalue weighted by atomic mass is 19.3. The van der Waals surface area contributed by atoms with E-state index in [1.54, 1.807) is 6.92 Å². The van der Waals surface area contributed by atoms with Crippen LogP contribution >= 0.6 is 0 Å². The third kappa shape index (κ3) is 4.78. The minimum absolute atomic E-state index is 0.0308. The number of hydrogen-bond donors (Lipinski definition) is 1. The topological polar surface area (TPSA) is 41.1 Å². The standard InChI is InChI=1S/C22H25F3N4/c1-4-19-18(12-14(2)29-10-5-6-11-29)22(28-15(3)27-19)26-13-16-8-7-9-17(20(16)23)21(24)25/h4,7-9,12,21H,2,5-6,10-11,13H2,1,3H3,(H,26,27,28)/b18-12+,19-4+. The summed E-state index contributed by atoms with van der Waals surface area (Å²) < 4.78 is 40.3. The first-order chi connectivity index (χ1) is 13.9. The third-order valence-corrected chi connectivity index (χ3v) is 4.97. The van der Waals surface area contributed by atoms with E-state index < -0.39 is 17.8 Å². The summed E-state index contributed by atoms with van der Waals surface area (Å²) >= 11 is 0. The van der Waals surface area contributed by atoms with Crippen molar-refractivity contribution in [3.8, 4) is 0 Å². The minimum Gasteiger partial charge on any atom is -0.372 e. The molecule has 0 atom stereocenters. The Morgan fingerprint density at radius 3 is 2.66 bits per heavy atom. The van der Waals surface area contributed by atoms with E-state index in [1.165, 1.54) is 12.1 Å². The van der Waals surface area contributed by atoms with Crippen LogP contribution in [-0.4, -0.2) is 28.0 Å². The van der Waals surface area contributed by atoms with Crippen LogP contribution in [0.1, 0.15) is 43.1 Å². The molecular weight excluding hydrogens is 377 g/mol. The Hall–Kier alpha value is -2.83. The van der Waals surface area contributed by atoms with Gasteiger partial charge >= 0.3 is 0 Å². The Kier molecular flexibility index (Phi) is 6.56. The number of rotatable bonds is 6. The Bertz CT molecular complexity index is 1010. The smallest absolute Gasteiger partial charge is 0.266 e. The van der Waals surface area contributed by atoms with E-state index in [0.29, 0.717) is 11.6 Å².